The number of nitro benzene ring substituents is 1. The van der Waals surface area contributed by atoms with E-state index in [1.54, 1.807) is 48.8 Å². The molecule has 0 spiro atoms. The number of nitrogens with zero attached hydrogens (tertiary/aromatic N) is 4. The fourth-order valence-electron chi connectivity index (χ4n) is 5.09. The van der Waals surface area contributed by atoms with Gasteiger partial charge in [-0.3, -0.25) is 19.5 Å². The molecule has 11 nitrogen and oxygen atoms in total. The number of nitro groups is 1. The molecule has 3 aromatic carbocycles. The maximum atomic E-state index is 14.0. The molecule has 0 saturated heterocycles. The van der Waals surface area contributed by atoms with Gasteiger partial charge in [0, 0.05) is 31.9 Å². The normalized spacial score (nSPS) is 14.4. The SMILES string of the molecule is CCOC(=O)C1=C(C)N=c2s/c(=C\c3ccc(OCc4ccc([N+](=O)[O-])cc4)c(OCC)c3)c(=O)n2C1c1ccc(N(C)C)cc1. The van der Waals surface area contributed by atoms with Crippen molar-refractivity contribution < 1.29 is 23.9 Å². The molecule has 1 atom stereocenters. The second-order valence-corrected chi connectivity index (χ2v) is 11.6. The molecule has 1 aliphatic rings. The van der Waals surface area contributed by atoms with Crippen LogP contribution in [0.1, 0.15) is 43.5 Å². The molecule has 1 aliphatic heterocycles. The van der Waals surface area contributed by atoms with Gasteiger partial charge in [0.25, 0.3) is 11.2 Å². The van der Waals surface area contributed by atoms with Crippen LogP contribution in [0.25, 0.3) is 6.08 Å². The number of allylic oxidation sites excluding steroid dienone is 1. The number of anilines is 1. The molecule has 238 valence electrons. The number of benzene rings is 3. The summed E-state index contributed by atoms with van der Waals surface area (Å²) in [6, 6.07) is 18.5. The summed E-state index contributed by atoms with van der Waals surface area (Å²) in [6.45, 7) is 6.14. The number of carbonyl (C=O) groups excluding carboxylic acids is 1. The third kappa shape index (κ3) is 6.71. The monoisotopic (exact) mass is 642 g/mol. The van der Waals surface area contributed by atoms with Gasteiger partial charge in [-0.1, -0.05) is 29.5 Å². The molecule has 0 aliphatic carbocycles. The molecule has 5 rings (SSSR count). The number of rotatable bonds is 11. The van der Waals surface area contributed by atoms with Gasteiger partial charge < -0.3 is 19.1 Å². The van der Waals surface area contributed by atoms with E-state index < -0.39 is 16.9 Å². The number of ether oxygens (including phenoxy) is 3. The van der Waals surface area contributed by atoms with E-state index in [4.69, 9.17) is 14.2 Å². The third-order valence-electron chi connectivity index (χ3n) is 7.35. The second kappa shape index (κ2) is 13.8. The number of hydrogen-bond acceptors (Lipinski definition) is 10. The second-order valence-electron chi connectivity index (χ2n) is 10.6. The van der Waals surface area contributed by atoms with Gasteiger partial charge in [0.05, 0.1) is 40.0 Å². The lowest BCUT2D eigenvalue weighted by atomic mass is 9.95. The highest BCUT2D eigenvalue weighted by molar-refractivity contribution is 7.07. The van der Waals surface area contributed by atoms with Crippen LogP contribution in [0.3, 0.4) is 0 Å². The first-order valence-corrected chi connectivity index (χ1v) is 15.5. The fourth-order valence-corrected chi connectivity index (χ4v) is 6.14. The summed E-state index contributed by atoms with van der Waals surface area (Å²) in [5.41, 5.74) is 3.79. The van der Waals surface area contributed by atoms with Crippen molar-refractivity contribution in [1.29, 1.82) is 0 Å². The Hall–Kier alpha value is -5.23. The van der Waals surface area contributed by atoms with Crippen molar-refractivity contribution >= 4 is 34.8 Å². The van der Waals surface area contributed by atoms with Crippen LogP contribution >= 0.6 is 11.3 Å². The quantitative estimate of drug-likeness (QED) is 0.130. The summed E-state index contributed by atoms with van der Waals surface area (Å²) < 4.78 is 19.2. The van der Waals surface area contributed by atoms with Crippen LogP contribution in [0.2, 0.25) is 0 Å². The van der Waals surface area contributed by atoms with Gasteiger partial charge in [0.2, 0.25) is 0 Å². The average molecular weight is 643 g/mol. The number of esters is 1. The van der Waals surface area contributed by atoms with Gasteiger partial charge in [-0.15, -0.1) is 0 Å². The highest BCUT2D eigenvalue weighted by Crippen LogP contribution is 2.32. The molecule has 2 heterocycles. The van der Waals surface area contributed by atoms with Gasteiger partial charge >= 0.3 is 5.97 Å². The van der Waals surface area contributed by atoms with E-state index in [0.717, 1.165) is 16.8 Å². The molecule has 4 aromatic rings. The Kier molecular flexibility index (Phi) is 9.67. The zero-order chi connectivity index (χ0) is 33.0. The van der Waals surface area contributed by atoms with E-state index in [0.29, 0.717) is 44.3 Å². The topological polar surface area (TPSA) is 126 Å². The number of fused-ring (bicyclic) bond motifs is 1. The number of thiazole rings is 1. The first kappa shape index (κ1) is 32.2. The summed E-state index contributed by atoms with van der Waals surface area (Å²) in [5, 5.41) is 10.9. The van der Waals surface area contributed by atoms with E-state index in [9.17, 15) is 19.7 Å². The van der Waals surface area contributed by atoms with Crippen molar-refractivity contribution in [1.82, 2.24) is 4.57 Å². The number of non-ortho nitro benzene ring substituents is 1. The van der Waals surface area contributed by atoms with E-state index in [1.807, 2.05) is 56.3 Å². The third-order valence-corrected chi connectivity index (χ3v) is 8.33. The van der Waals surface area contributed by atoms with Gasteiger partial charge in [-0.05, 0) is 79.9 Å². The summed E-state index contributed by atoms with van der Waals surface area (Å²) >= 11 is 1.24. The number of carbonyl (C=O) groups is 1. The van der Waals surface area contributed by atoms with Gasteiger partial charge in [0.15, 0.2) is 16.3 Å². The molecule has 0 fully saturated rings. The van der Waals surface area contributed by atoms with Crippen molar-refractivity contribution in [2.45, 2.75) is 33.4 Å². The molecule has 12 heteroatoms. The van der Waals surface area contributed by atoms with Crippen LogP contribution in [0.4, 0.5) is 11.4 Å². The van der Waals surface area contributed by atoms with E-state index in [-0.39, 0.29) is 24.5 Å². The molecule has 0 amide bonds. The van der Waals surface area contributed by atoms with Crippen LogP contribution in [0.15, 0.2) is 87.8 Å². The largest absolute Gasteiger partial charge is 0.490 e. The Bertz CT molecular complexity index is 1980. The summed E-state index contributed by atoms with van der Waals surface area (Å²) in [7, 11) is 3.89. The zero-order valence-corrected chi connectivity index (χ0v) is 27.0. The standard InChI is InChI=1S/C34H34N4O7S/c1-6-43-28-18-23(10-17-27(28)45-20-22-8-13-26(14-9-22)38(41)42)19-29-32(39)37-31(24-11-15-25(16-12-24)36(4)5)30(33(40)44-7-2)21(3)35-34(37)46-29/h8-19,31H,6-7,20H2,1-5H3/b29-19-. The Morgan fingerprint density at radius 2 is 1.74 bits per heavy atom. The smallest absolute Gasteiger partial charge is 0.338 e. The Morgan fingerprint density at radius 1 is 1.02 bits per heavy atom. The van der Waals surface area contributed by atoms with Crippen LogP contribution in [0.5, 0.6) is 11.5 Å². The summed E-state index contributed by atoms with van der Waals surface area (Å²) in [6.07, 6.45) is 1.77. The lowest BCUT2D eigenvalue weighted by Gasteiger charge is -2.25. The molecule has 1 unspecified atom stereocenters. The lowest BCUT2D eigenvalue weighted by Crippen LogP contribution is -2.39. The van der Waals surface area contributed by atoms with Crippen molar-refractivity contribution in [3.8, 4) is 11.5 Å². The predicted octanol–water partition coefficient (Wildman–Crippen LogP) is 4.75. The number of aromatic nitrogens is 1. The summed E-state index contributed by atoms with van der Waals surface area (Å²) in [4.78, 5) is 44.8. The molecule has 0 bridgehead atoms. The van der Waals surface area contributed by atoms with Crippen molar-refractivity contribution in [2.75, 3.05) is 32.2 Å². The lowest BCUT2D eigenvalue weighted by molar-refractivity contribution is -0.384. The minimum Gasteiger partial charge on any atom is -0.490 e. The molecule has 0 saturated carbocycles. The first-order valence-electron chi connectivity index (χ1n) is 14.7. The molecule has 1 aromatic heterocycles. The first-order chi connectivity index (χ1) is 22.1. The van der Waals surface area contributed by atoms with E-state index in [2.05, 4.69) is 4.99 Å². The van der Waals surface area contributed by atoms with Crippen LogP contribution < -0.4 is 29.3 Å². The predicted molar refractivity (Wildman–Crippen MR) is 176 cm³/mol. The van der Waals surface area contributed by atoms with Crippen LogP contribution in [-0.4, -0.2) is 42.8 Å². The van der Waals surface area contributed by atoms with E-state index in [1.165, 1.54) is 23.5 Å². The van der Waals surface area contributed by atoms with Crippen molar-refractivity contribution in [3.05, 3.63) is 124 Å². The Labute approximate surface area is 269 Å². The molecular weight excluding hydrogens is 608 g/mol. The minimum absolute atomic E-state index is 0.00854. The molecule has 0 N–H and O–H groups in total. The average Bonchev–Trinajstić information content (AvgIpc) is 3.34. The maximum absolute atomic E-state index is 14.0. The van der Waals surface area contributed by atoms with Crippen molar-refractivity contribution in [2.24, 2.45) is 4.99 Å². The molecule has 46 heavy (non-hydrogen) atoms. The number of hydrogen-bond donors (Lipinski definition) is 0. The highest BCUT2D eigenvalue weighted by atomic mass is 32.1. The van der Waals surface area contributed by atoms with Crippen LogP contribution in [-0.2, 0) is 16.1 Å². The maximum Gasteiger partial charge on any atom is 0.338 e. The Balaban J connectivity index is 1.52. The molecule has 0 radical (unpaired) electrons. The van der Waals surface area contributed by atoms with Gasteiger partial charge in [0.1, 0.15) is 6.61 Å². The highest BCUT2D eigenvalue weighted by Gasteiger charge is 2.33. The summed E-state index contributed by atoms with van der Waals surface area (Å²) in [5.74, 6) is 0.477. The van der Waals surface area contributed by atoms with Crippen LogP contribution in [0, 0.1) is 10.1 Å². The minimum atomic E-state index is -0.706. The fraction of sp³-hybridized carbons (Fsp3) is 0.265. The Morgan fingerprint density at radius 3 is 2.37 bits per heavy atom. The van der Waals surface area contributed by atoms with E-state index >= 15 is 0 Å². The van der Waals surface area contributed by atoms with Gasteiger partial charge in [-0.2, -0.15) is 0 Å². The zero-order valence-electron chi connectivity index (χ0n) is 26.2. The molecular formula is C34H34N4O7S. The van der Waals surface area contributed by atoms with Crippen molar-refractivity contribution in [3.63, 3.8) is 0 Å². The van der Waals surface area contributed by atoms with Gasteiger partial charge in [-0.25, -0.2) is 9.79 Å².